The van der Waals surface area contributed by atoms with E-state index in [1.807, 2.05) is 42.5 Å². The lowest BCUT2D eigenvalue weighted by Crippen LogP contribution is -2.47. The molecular weight excluding hydrogens is 597 g/mol. The van der Waals surface area contributed by atoms with Crippen molar-refractivity contribution in [1.29, 1.82) is 0 Å². The van der Waals surface area contributed by atoms with E-state index in [9.17, 15) is 14.7 Å². The Morgan fingerprint density at radius 1 is 1.02 bits per heavy atom. The van der Waals surface area contributed by atoms with Crippen molar-refractivity contribution in [2.75, 3.05) is 25.4 Å². The van der Waals surface area contributed by atoms with E-state index in [1.54, 1.807) is 24.4 Å². The number of nitrogen functional groups attached to an aromatic ring is 1. The van der Waals surface area contributed by atoms with Gasteiger partial charge in [-0.3, -0.25) is 19.1 Å². The number of hydrogen-bond acceptors (Lipinski definition) is 7. The molecule has 10 nitrogen and oxygen atoms in total. The zero-order valence-corrected chi connectivity index (χ0v) is 25.5. The third-order valence-corrected chi connectivity index (χ3v) is 9.14. The summed E-state index contributed by atoms with van der Waals surface area (Å²) >= 11 is 0. The highest BCUT2D eigenvalue weighted by Gasteiger charge is 2.26. The maximum Gasteiger partial charge on any atom is 0.265 e. The first kappa shape index (κ1) is 29.0. The smallest absolute Gasteiger partial charge is 0.265 e. The standard InChI is InChI=1S/C36H32FN7O3/c37-28-15-24(21-8-9-21)14-23-10-12-44(35(47)32(23)28)30-3-1-2-25(27(30)19-45)33-26-16-29(40-34(26)42-36(38)41-33)22-6-4-20(5-7-22)17-43-13-11-39-31(46)18-43/h1-7,10,12,14-16,21,45H,8-9,11,13,17-19H2,(H,39,46)(H3,38,40,41,42). The number of rotatable bonds is 7. The van der Waals surface area contributed by atoms with Crippen LogP contribution in [0.1, 0.15) is 35.4 Å². The highest BCUT2D eigenvalue weighted by atomic mass is 19.1. The quantitative estimate of drug-likeness (QED) is 0.202. The number of halogens is 1. The number of carbonyl (C=O) groups is 1. The van der Waals surface area contributed by atoms with E-state index in [1.165, 1.54) is 10.6 Å². The van der Waals surface area contributed by atoms with E-state index < -0.39 is 18.0 Å². The van der Waals surface area contributed by atoms with Crippen LogP contribution in [0.5, 0.6) is 0 Å². The average molecular weight is 630 g/mol. The van der Waals surface area contributed by atoms with Crippen LogP contribution in [0.4, 0.5) is 10.3 Å². The van der Waals surface area contributed by atoms with Gasteiger partial charge in [0.2, 0.25) is 11.9 Å². The summed E-state index contributed by atoms with van der Waals surface area (Å²) in [7, 11) is 0. The first-order valence-electron chi connectivity index (χ1n) is 15.7. The molecule has 0 spiro atoms. The van der Waals surface area contributed by atoms with Gasteiger partial charge in [0, 0.05) is 48.0 Å². The molecule has 4 heterocycles. The first-order chi connectivity index (χ1) is 22.9. The second-order valence-corrected chi connectivity index (χ2v) is 12.3. The zero-order valence-electron chi connectivity index (χ0n) is 25.5. The molecule has 1 amide bonds. The molecule has 1 saturated carbocycles. The number of aliphatic hydroxyl groups excluding tert-OH is 1. The van der Waals surface area contributed by atoms with Crippen LogP contribution in [0.25, 0.3) is 50.0 Å². The molecule has 2 fully saturated rings. The largest absolute Gasteiger partial charge is 0.392 e. The molecule has 236 valence electrons. The molecule has 0 radical (unpaired) electrons. The van der Waals surface area contributed by atoms with Gasteiger partial charge in [0.05, 0.1) is 29.9 Å². The van der Waals surface area contributed by atoms with Crippen LogP contribution in [0.15, 0.2) is 77.7 Å². The molecule has 0 bridgehead atoms. The fourth-order valence-corrected chi connectivity index (χ4v) is 6.64. The Morgan fingerprint density at radius 3 is 2.62 bits per heavy atom. The third kappa shape index (κ3) is 5.33. The Balaban J connectivity index is 1.17. The summed E-state index contributed by atoms with van der Waals surface area (Å²) in [5.74, 6) is -0.0950. The summed E-state index contributed by atoms with van der Waals surface area (Å²) in [4.78, 5) is 39.9. The molecule has 2 aliphatic rings. The van der Waals surface area contributed by atoms with Gasteiger partial charge in [-0.25, -0.2) is 9.37 Å². The van der Waals surface area contributed by atoms with Crippen LogP contribution in [0, 0.1) is 5.82 Å². The van der Waals surface area contributed by atoms with Crippen molar-refractivity contribution in [3.63, 3.8) is 0 Å². The number of aromatic nitrogens is 4. The highest BCUT2D eigenvalue weighted by molar-refractivity contribution is 5.96. The fraction of sp³-hybridized carbons (Fsp3) is 0.222. The minimum atomic E-state index is -0.539. The molecule has 6 aromatic rings. The molecule has 0 atom stereocenters. The summed E-state index contributed by atoms with van der Waals surface area (Å²) in [5.41, 5.74) is 11.9. The number of hydrogen-bond donors (Lipinski definition) is 4. The van der Waals surface area contributed by atoms with Crippen LogP contribution in [-0.4, -0.2) is 55.1 Å². The normalized spacial score (nSPS) is 15.4. The Kier molecular flexibility index (Phi) is 7.07. The number of aliphatic hydroxyl groups is 1. The Bertz CT molecular complexity index is 2260. The molecule has 5 N–H and O–H groups in total. The summed E-state index contributed by atoms with van der Waals surface area (Å²) < 4.78 is 16.7. The van der Waals surface area contributed by atoms with Crippen molar-refractivity contribution in [3.8, 4) is 28.2 Å². The van der Waals surface area contributed by atoms with Crippen molar-refractivity contribution in [2.24, 2.45) is 0 Å². The molecule has 47 heavy (non-hydrogen) atoms. The van der Waals surface area contributed by atoms with Crippen LogP contribution in [0.3, 0.4) is 0 Å². The average Bonchev–Trinajstić information content (AvgIpc) is 3.83. The molecule has 3 aromatic heterocycles. The zero-order chi connectivity index (χ0) is 32.2. The van der Waals surface area contributed by atoms with Crippen molar-refractivity contribution in [3.05, 3.63) is 106 Å². The summed E-state index contributed by atoms with van der Waals surface area (Å²) in [5, 5.41) is 14.8. The molecule has 1 aliphatic carbocycles. The van der Waals surface area contributed by atoms with Gasteiger partial charge in [0.15, 0.2) is 0 Å². The number of nitrogens with one attached hydrogen (secondary N) is 2. The van der Waals surface area contributed by atoms with Crippen molar-refractivity contribution in [1.82, 2.24) is 29.7 Å². The van der Waals surface area contributed by atoms with Crippen LogP contribution < -0.4 is 16.6 Å². The number of aromatic amines is 1. The van der Waals surface area contributed by atoms with Gasteiger partial charge >= 0.3 is 0 Å². The van der Waals surface area contributed by atoms with E-state index >= 15 is 4.39 Å². The Morgan fingerprint density at radius 2 is 1.85 bits per heavy atom. The molecule has 3 aromatic carbocycles. The van der Waals surface area contributed by atoms with E-state index in [-0.39, 0.29) is 17.2 Å². The lowest BCUT2D eigenvalue weighted by Gasteiger charge is -2.26. The minimum Gasteiger partial charge on any atom is -0.392 e. The number of carbonyl (C=O) groups excluding carboxylic acids is 1. The van der Waals surface area contributed by atoms with Gasteiger partial charge in [0.25, 0.3) is 5.56 Å². The van der Waals surface area contributed by atoms with E-state index in [2.05, 4.69) is 25.2 Å². The van der Waals surface area contributed by atoms with Crippen LogP contribution in [-0.2, 0) is 17.9 Å². The summed E-state index contributed by atoms with van der Waals surface area (Å²) in [6.07, 6.45) is 3.69. The number of nitrogens with zero attached hydrogens (tertiary/aromatic N) is 4. The number of nitrogens with two attached hydrogens (primary N) is 1. The molecular formula is C36H32FN7O3. The van der Waals surface area contributed by atoms with Gasteiger partial charge in [-0.15, -0.1) is 0 Å². The topological polar surface area (TPSA) is 142 Å². The second kappa shape index (κ2) is 11.4. The number of anilines is 1. The van der Waals surface area contributed by atoms with E-state index in [4.69, 9.17) is 5.73 Å². The van der Waals surface area contributed by atoms with Gasteiger partial charge in [-0.1, -0.05) is 42.5 Å². The summed E-state index contributed by atoms with van der Waals surface area (Å²) in [6.45, 7) is 2.13. The van der Waals surface area contributed by atoms with Gasteiger partial charge < -0.3 is 21.1 Å². The predicted octanol–water partition coefficient (Wildman–Crippen LogP) is 4.62. The molecule has 8 rings (SSSR count). The maximum atomic E-state index is 15.3. The predicted molar refractivity (Wildman–Crippen MR) is 178 cm³/mol. The number of H-pyrrole nitrogens is 1. The molecule has 0 unspecified atom stereocenters. The number of pyridine rings is 1. The summed E-state index contributed by atoms with van der Waals surface area (Å²) in [6, 6.07) is 20.5. The highest BCUT2D eigenvalue weighted by Crippen LogP contribution is 2.41. The third-order valence-electron chi connectivity index (χ3n) is 9.14. The number of fused-ring (bicyclic) bond motifs is 2. The van der Waals surface area contributed by atoms with Crippen LogP contribution >= 0.6 is 0 Å². The number of benzene rings is 3. The molecule has 1 aliphatic heterocycles. The van der Waals surface area contributed by atoms with Gasteiger partial charge in [0.1, 0.15) is 11.5 Å². The fourth-order valence-electron chi connectivity index (χ4n) is 6.64. The Labute approximate surface area is 268 Å². The minimum absolute atomic E-state index is 0.0163. The number of amides is 1. The second-order valence-electron chi connectivity index (χ2n) is 12.3. The lowest BCUT2D eigenvalue weighted by molar-refractivity contribution is -0.124. The first-order valence-corrected chi connectivity index (χ1v) is 15.7. The van der Waals surface area contributed by atoms with Crippen molar-refractivity contribution >= 4 is 33.7 Å². The van der Waals surface area contributed by atoms with Crippen LogP contribution in [0.2, 0.25) is 0 Å². The van der Waals surface area contributed by atoms with E-state index in [0.29, 0.717) is 64.5 Å². The molecule has 11 heteroatoms. The van der Waals surface area contributed by atoms with Crippen molar-refractivity contribution in [2.45, 2.75) is 31.9 Å². The van der Waals surface area contributed by atoms with Gasteiger partial charge in [-0.05, 0) is 65.1 Å². The molecule has 1 saturated heterocycles. The Hall–Kier alpha value is -5.39. The maximum absolute atomic E-state index is 15.3. The van der Waals surface area contributed by atoms with E-state index in [0.717, 1.165) is 41.8 Å². The van der Waals surface area contributed by atoms with Gasteiger partial charge in [-0.2, -0.15) is 4.98 Å². The number of piperazine rings is 1. The monoisotopic (exact) mass is 629 g/mol. The van der Waals surface area contributed by atoms with Crippen molar-refractivity contribution < 1.29 is 14.3 Å². The SMILES string of the molecule is Nc1nc(-c2cccc(-n3ccc4cc(C5CC5)cc(F)c4c3=O)c2CO)c2cc(-c3ccc(CN4CCNC(=O)C4)cc3)[nH]c2n1. The lowest BCUT2D eigenvalue weighted by atomic mass is 9.99.